The molecule has 2 unspecified atom stereocenters. The molecule has 104 valence electrons. The Hall–Kier alpha value is -1.30. The van der Waals surface area contributed by atoms with Crippen LogP contribution in [0.25, 0.3) is 0 Å². The third kappa shape index (κ3) is 4.52. The normalized spacial score (nSPS) is 24.4. The van der Waals surface area contributed by atoms with Crippen molar-refractivity contribution in [2.45, 2.75) is 25.8 Å². The first kappa shape index (κ1) is 14.8. The van der Waals surface area contributed by atoms with Gasteiger partial charge in [0, 0.05) is 19.1 Å². The zero-order valence-electron chi connectivity index (χ0n) is 11.3. The molecule has 18 heavy (non-hydrogen) atoms. The van der Waals surface area contributed by atoms with E-state index in [0.717, 1.165) is 19.4 Å². The van der Waals surface area contributed by atoms with E-state index in [4.69, 9.17) is 0 Å². The molecule has 0 aliphatic carbocycles. The maximum absolute atomic E-state index is 11.3. The van der Waals surface area contributed by atoms with Gasteiger partial charge in [-0.3, -0.25) is 9.69 Å². The van der Waals surface area contributed by atoms with Crippen LogP contribution in [0.4, 0.5) is 4.79 Å². The number of alkyl carbamates (subject to hydrolysis) is 1. The Labute approximate surface area is 108 Å². The van der Waals surface area contributed by atoms with Gasteiger partial charge in [0.05, 0.1) is 20.8 Å². The highest BCUT2D eigenvalue weighted by Crippen LogP contribution is 2.19. The number of methoxy groups -OCH3 is 2. The van der Waals surface area contributed by atoms with E-state index in [0.29, 0.717) is 12.5 Å². The first-order chi connectivity index (χ1) is 8.58. The van der Waals surface area contributed by atoms with Gasteiger partial charge in [0.2, 0.25) is 0 Å². The van der Waals surface area contributed by atoms with Crippen molar-refractivity contribution >= 4 is 12.1 Å². The number of piperidine rings is 1. The SMILES string of the molecule is CCC1CC(NC(=O)OC)CN(CC(=O)OC)C1. The van der Waals surface area contributed by atoms with Gasteiger partial charge in [-0.25, -0.2) is 4.79 Å². The smallest absolute Gasteiger partial charge is 0.407 e. The van der Waals surface area contributed by atoms with Crippen molar-refractivity contribution in [1.82, 2.24) is 10.2 Å². The Balaban J connectivity index is 2.53. The number of esters is 1. The Bertz CT molecular complexity index is 270. The molecular weight excluding hydrogens is 236 g/mol. The fourth-order valence-electron chi connectivity index (χ4n) is 2.30. The second-order valence-corrected chi connectivity index (χ2v) is 4.61. The second kappa shape index (κ2) is 7.20. The van der Waals surface area contributed by atoms with Crippen LogP contribution in [0.15, 0.2) is 0 Å². The number of amides is 1. The molecule has 0 radical (unpaired) electrons. The summed E-state index contributed by atoms with van der Waals surface area (Å²) in [4.78, 5) is 24.5. The number of rotatable bonds is 4. The summed E-state index contributed by atoms with van der Waals surface area (Å²) >= 11 is 0. The fraction of sp³-hybridized carbons (Fsp3) is 0.833. The summed E-state index contributed by atoms with van der Waals surface area (Å²) in [5, 5.41) is 2.80. The molecule has 1 heterocycles. The van der Waals surface area contributed by atoms with E-state index in [2.05, 4.69) is 21.7 Å². The summed E-state index contributed by atoms with van der Waals surface area (Å²) in [6, 6.07) is 0.0285. The van der Waals surface area contributed by atoms with Gasteiger partial charge in [-0.2, -0.15) is 0 Å². The van der Waals surface area contributed by atoms with E-state index in [1.54, 1.807) is 0 Å². The number of nitrogens with zero attached hydrogens (tertiary/aromatic N) is 1. The van der Waals surface area contributed by atoms with Gasteiger partial charge in [0.25, 0.3) is 0 Å². The molecule has 0 saturated carbocycles. The lowest BCUT2D eigenvalue weighted by molar-refractivity contribution is -0.142. The monoisotopic (exact) mass is 258 g/mol. The average Bonchev–Trinajstić information content (AvgIpc) is 2.37. The minimum atomic E-state index is -0.422. The molecular formula is C12H22N2O4. The van der Waals surface area contributed by atoms with Crippen LogP contribution >= 0.6 is 0 Å². The molecule has 6 nitrogen and oxygen atoms in total. The number of hydrogen-bond acceptors (Lipinski definition) is 5. The van der Waals surface area contributed by atoms with Gasteiger partial charge in [0.15, 0.2) is 0 Å². The molecule has 1 aliphatic rings. The second-order valence-electron chi connectivity index (χ2n) is 4.61. The number of carbonyl (C=O) groups excluding carboxylic acids is 2. The van der Waals surface area contributed by atoms with Crippen molar-refractivity contribution in [1.29, 1.82) is 0 Å². The van der Waals surface area contributed by atoms with Gasteiger partial charge in [-0.1, -0.05) is 13.3 Å². The Kier molecular flexibility index (Phi) is 5.91. The topological polar surface area (TPSA) is 67.9 Å². The van der Waals surface area contributed by atoms with Crippen molar-refractivity contribution in [3.8, 4) is 0 Å². The molecule has 1 aliphatic heterocycles. The summed E-state index contributed by atoms with van der Waals surface area (Å²) in [5.74, 6) is 0.231. The van der Waals surface area contributed by atoms with Crippen molar-refractivity contribution in [2.75, 3.05) is 33.9 Å². The van der Waals surface area contributed by atoms with Gasteiger partial charge in [-0.05, 0) is 12.3 Å². The molecule has 1 amide bonds. The van der Waals surface area contributed by atoms with Crippen LogP contribution in [0, 0.1) is 5.92 Å². The summed E-state index contributed by atoms with van der Waals surface area (Å²) in [6.07, 6.45) is 1.52. The van der Waals surface area contributed by atoms with E-state index in [1.165, 1.54) is 14.2 Å². The Morgan fingerprint density at radius 3 is 2.56 bits per heavy atom. The predicted molar refractivity (Wildman–Crippen MR) is 66.2 cm³/mol. The van der Waals surface area contributed by atoms with Gasteiger partial charge in [-0.15, -0.1) is 0 Å². The van der Waals surface area contributed by atoms with Gasteiger partial charge in [0.1, 0.15) is 0 Å². The number of nitrogens with one attached hydrogen (secondary N) is 1. The zero-order chi connectivity index (χ0) is 13.5. The van der Waals surface area contributed by atoms with Crippen molar-refractivity contribution in [3.63, 3.8) is 0 Å². The minimum Gasteiger partial charge on any atom is -0.468 e. The average molecular weight is 258 g/mol. The maximum atomic E-state index is 11.3. The molecule has 1 fully saturated rings. The van der Waals surface area contributed by atoms with Crippen LogP contribution in [-0.2, 0) is 14.3 Å². The molecule has 6 heteroatoms. The predicted octanol–water partition coefficient (Wildman–Crippen LogP) is 0.616. The van der Waals surface area contributed by atoms with E-state index in [1.807, 2.05) is 4.90 Å². The van der Waals surface area contributed by atoms with Crippen molar-refractivity contribution in [2.24, 2.45) is 5.92 Å². The molecule has 0 aromatic carbocycles. The molecule has 0 aromatic heterocycles. The molecule has 1 saturated heterocycles. The van der Waals surface area contributed by atoms with Crippen molar-refractivity contribution in [3.05, 3.63) is 0 Å². The third-order valence-electron chi connectivity index (χ3n) is 3.28. The number of carbonyl (C=O) groups is 2. The standard InChI is InChI=1S/C12H22N2O4/c1-4-9-5-10(13-12(16)18-3)7-14(6-9)8-11(15)17-2/h9-10H,4-8H2,1-3H3,(H,13,16). The van der Waals surface area contributed by atoms with Crippen LogP contribution < -0.4 is 5.32 Å². The molecule has 1 N–H and O–H groups in total. The molecule has 1 rings (SSSR count). The first-order valence-electron chi connectivity index (χ1n) is 6.22. The number of hydrogen-bond donors (Lipinski definition) is 1. The van der Waals surface area contributed by atoms with Crippen LogP contribution in [0.1, 0.15) is 19.8 Å². The van der Waals surface area contributed by atoms with Crippen molar-refractivity contribution < 1.29 is 19.1 Å². The Morgan fingerprint density at radius 2 is 2.00 bits per heavy atom. The van der Waals surface area contributed by atoms with Gasteiger partial charge >= 0.3 is 12.1 Å². The van der Waals surface area contributed by atoms with E-state index in [9.17, 15) is 9.59 Å². The van der Waals surface area contributed by atoms with Crippen LogP contribution in [-0.4, -0.2) is 56.9 Å². The highest BCUT2D eigenvalue weighted by molar-refractivity contribution is 5.71. The van der Waals surface area contributed by atoms with Crippen LogP contribution in [0.3, 0.4) is 0 Å². The lowest BCUT2D eigenvalue weighted by Gasteiger charge is -2.36. The Morgan fingerprint density at radius 1 is 1.28 bits per heavy atom. The lowest BCUT2D eigenvalue weighted by Crippen LogP contribution is -2.51. The summed E-state index contributed by atoms with van der Waals surface area (Å²) in [6.45, 7) is 3.90. The summed E-state index contributed by atoms with van der Waals surface area (Å²) in [7, 11) is 2.73. The quantitative estimate of drug-likeness (QED) is 0.749. The van der Waals surface area contributed by atoms with E-state index < -0.39 is 6.09 Å². The van der Waals surface area contributed by atoms with Crippen LogP contribution in [0.2, 0.25) is 0 Å². The fourth-order valence-corrected chi connectivity index (χ4v) is 2.30. The van der Waals surface area contributed by atoms with E-state index in [-0.39, 0.29) is 18.6 Å². The maximum Gasteiger partial charge on any atom is 0.407 e. The molecule has 0 aromatic rings. The van der Waals surface area contributed by atoms with Gasteiger partial charge < -0.3 is 14.8 Å². The molecule has 0 bridgehead atoms. The summed E-state index contributed by atoms with van der Waals surface area (Å²) in [5.41, 5.74) is 0. The zero-order valence-corrected chi connectivity index (χ0v) is 11.3. The largest absolute Gasteiger partial charge is 0.468 e. The molecule has 2 atom stereocenters. The first-order valence-corrected chi connectivity index (χ1v) is 6.22. The molecule has 0 spiro atoms. The highest BCUT2D eigenvalue weighted by atomic mass is 16.5. The minimum absolute atomic E-state index is 0.0285. The lowest BCUT2D eigenvalue weighted by atomic mass is 9.92. The number of ether oxygens (including phenoxy) is 2. The third-order valence-corrected chi connectivity index (χ3v) is 3.28. The highest BCUT2D eigenvalue weighted by Gasteiger charge is 2.28. The number of likely N-dealkylation sites (tertiary alicyclic amines) is 1. The summed E-state index contributed by atoms with van der Waals surface area (Å²) < 4.78 is 9.27. The van der Waals surface area contributed by atoms with E-state index >= 15 is 0 Å². The van der Waals surface area contributed by atoms with Crippen LogP contribution in [0.5, 0.6) is 0 Å².